The first kappa shape index (κ1) is 31.9. The summed E-state index contributed by atoms with van der Waals surface area (Å²) in [6.45, 7) is 4.55. The molecule has 47 heavy (non-hydrogen) atoms. The summed E-state index contributed by atoms with van der Waals surface area (Å²) in [5.74, 6) is 1.87. The first-order valence-electron chi connectivity index (χ1n) is 15.4. The van der Waals surface area contributed by atoms with Crippen LogP contribution in [-0.4, -0.2) is 16.7 Å². The van der Waals surface area contributed by atoms with E-state index in [1.807, 2.05) is 79.0 Å². The summed E-state index contributed by atoms with van der Waals surface area (Å²) in [5, 5.41) is 0. The molecule has 5 heteroatoms. The Balaban J connectivity index is 0.000000250. The normalized spacial score (nSPS) is 11.1. The molecule has 229 valence electrons. The minimum atomic E-state index is 0. The van der Waals surface area contributed by atoms with Crippen molar-refractivity contribution in [2.75, 3.05) is 0 Å². The van der Waals surface area contributed by atoms with E-state index in [9.17, 15) is 0 Å². The third-order valence-electron chi connectivity index (χ3n) is 8.25. The molecule has 8 rings (SSSR count). The fourth-order valence-electron chi connectivity index (χ4n) is 6.25. The molecule has 5 aromatic carbocycles. The maximum Gasteiger partial charge on any atom is 0.250 e. The van der Waals surface area contributed by atoms with E-state index in [1.165, 1.54) is 38.6 Å². The number of aromatic nitrogens is 2. The summed E-state index contributed by atoms with van der Waals surface area (Å²) < 4.78 is 6.23. The molecule has 0 unspecified atom stereocenters. The van der Waals surface area contributed by atoms with E-state index in [-0.39, 0.29) is 26.8 Å². The molecule has 0 saturated carbocycles. The topological polar surface area (TPSA) is 35.0 Å². The number of ether oxygens (including phenoxy) is 1. The smallest absolute Gasteiger partial charge is 0.250 e. The minimum absolute atomic E-state index is 0. The molecular weight excluding hydrogens is 752 g/mol. The van der Waals surface area contributed by atoms with Crippen molar-refractivity contribution < 1.29 is 24.8 Å². The van der Waals surface area contributed by atoms with Gasteiger partial charge in [-0.05, 0) is 82.7 Å². The third kappa shape index (κ3) is 6.88. The van der Waals surface area contributed by atoms with Gasteiger partial charge in [0.2, 0.25) is 0 Å². The maximum absolute atomic E-state index is 6.23. The number of benzene rings is 5. The van der Waals surface area contributed by atoms with Crippen molar-refractivity contribution in [1.82, 2.24) is 9.97 Å². The van der Waals surface area contributed by atoms with Crippen molar-refractivity contribution in [3.63, 3.8) is 0 Å². The predicted molar refractivity (Wildman–Crippen MR) is 190 cm³/mol. The fourth-order valence-corrected chi connectivity index (χ4v) is 6.25. The van der Waals surface area contributed by atoms with Gasteiger partial charge in [-0.2, -0.15) is 0 Å². The van der Waals surface area contributed by atoms with Crippen LogP contribution in [0.3, 0.4) is 0 Å². The van der Waals surface area contributed by atoms with Crippen LogP contribution in [0.15, 0.2) is 152 Å². The molecule has 3 nitrogen and oxygen atoms in total. The average Bonchev–Trinajstić information content (AvgIpc) is 3.12. The zero-order valence-corrected chi connectivity index (χ0v) is 28.5. The monoisotopic (exact) mass is 783 g/mol. The molecule has 7 aromatic rings. The Morgan fingerprint density at radius 1 is 0.553 bits per heavy atom. The van der Waals surface area contributed by atoms with E-state index < -0.39 is 0 Å². The Labute approximate surface area is 290 Å². The van der Waals surface area contributed by atoms with E-state index in [0.29, 0.717) is 0 Å². The summed E-state index contributed by atoms with van der Waals surface area (Å²) in [7, 11) is 0. The van der Waals surface area contributed by atoms with Gasteiger partial charge in [-0.15, -0.1) is 71.8 Å². The van der Waals surface area contributed by atoms with Crippen LogP contribution in [0.25, 0.3) is 33.6 Å². The molecule has 2 aromatic heterocycles. The molecule has 1 radical (unpaired) electrons. The molecule has 0 atom stereocenters. The van der Waals surface area contributed by atoms with Crippen molar-refractivity contribution >= 4 is 23.1 Å². The summed E-state index contributed by atoms with van der Waals surface area (Å²) in [6, 6.07) is 53.8. The first-order chi connectivity index (χ1) is 22.7. The van der Waals surface area contributed by atoms with Crippen LogP contribution in [0.1, 0.15) is 11.1 Å². The molecule has 0 amide bonds. The van der Waals surface area contributed by atoms with Gasteiger partial charge in [-0.1, -0.05) is 72.2 Å². The van der Waals surface area contributed by atoms with Gasteiger partial charge in [0.05, 0.1) is 0 Å². The standard InChI is InChI=1S/C31H23BNO.C11H8N.Ir/c1-21-18-25(32-26-12-6-8-14-29(26)34-30-15-9-7-13-27(30)32)19-22(2)31(21)24-16-17-33-28(20-24)23-10-4-3-5-11-23;1-2-6-10(7-3-1)11-8-4-5-9-12-11;/h3-10,12-20H,1-2H3;1-6,8-9H;/q2*-1;. The van der Waals surface area contributed by atoms with E-state index in [0.717, 1.165) is 34.0 Å². The van der Waals surface area contributed by atoms with Crippen molar-refractivity contribution in [3.8, 4) is 45.1 Å². The van der Waals surface area contributed by atoms with Crippen molar-refractivity contribution in [2.24, 2.45) is 0 Å². The third-order valence-corrected chi connectivity index (χ3v) is 8.25. The zero-order valence-electron chi connectivity index (χ0n) is 26.1. The number of fused-ring (bicyclic) bond motifs is 2. The molecular formula is C42H31BIrN2O-2. The van der Waals surface area contributed by atoms with E-state index in [4.69, 9.17) is 4.74 Å². The van der Waals surface area contributed by atoms with Gasteiger partial charge in [0.25, 0.3) is 6.71 Å². The number of aryl methyl sites for hydroxylation is 2. The van der Waals surface area contributed by atoms with Crippen molar-refractivity contribution in [1.29, 1.82) is 0 Å². The Kier molecular flexibility index (Phi) is 9.87. The Bertz CT molecular complexity index is 2000. The largest absolute Gasteiger partial charge is 0.458 e. The van der Waals surface area contributed by atoms with Crippen LogP contribution in [-0.2, 0) is 20.1 Å². The first-order valence-corrected chi connectivity index (χ1v) is 15.4. The molecule has 0 fully saturated rings. The van der Waals surface area contributed by atoms with Gasteiger partial charge in [0.15, 0.2) is 0 Å². The number of para-hydroxylation sites is 2. The zero-order chi connectivity index (χ0) is 31.3. The van der Waals surface area contributed by atoms with Crippen molar-refractivity contribution in [3.05, 3.63) is 175 Å². The van der Waals surface area contributed by atoms with E-state index >= 15 is 0 Å². The van der Waals surface area contributed by atoms with Gasteiger partial charge in [-0.3, -0.25) is 0 Å². The molecule has 1 aliphatic rings. The van der Waals surface area contributed by atoms with Crippen LogP contribution in [0.4, 0.5) is 0 Å². The molecule has 3 heterocycles. The summed E-state index contributed by atoms with van der Waals surface area (Å²) >= 11 is 0. The Morgan fingerprint density at radius 2 is 1.11 bits per heavy atom. The second kappa shape index (κ2) is 14.6. The second-order valence-corrected chi connectivity index (χ2v) is 11.3. The number of hydrogen-bond acceptors (Lipinski definition) is 3. The molecule has 0 spiro atoms. The number of pyridine rings is 2. The van der Waals surface area contributed by atoms with Crippen LogP contribution >= 0.6 is 0 Å². The number of hydrogen-bond donors (Lipinski definition) is 0. The SMILES string of the molecule is Cc1cc(B2c3ccccc3Oc3ccccc32)cc(C)c1-c1ccnc(-c2[c-]cccc2)c1.[Ir].[c-]1ccccc1-c1ccccn1. The molecule has 1 aliphatic heterocycles. The summed E-state index contributed by atoms with van der Waals surface area (Å²) in [5.41, 5.74) is 12.6. The van der Waals surface area contributed by atoms with Crippen LogP contribution in [0.2, 0.25) is 0 Å². The quantitative estimate of drug-likeness (QED) is 0.134. The van der Waals surface area contributed by atoms with Gasteiger partial charge < -0.3 is 14.7 Å². The van der Waals surface area contributed by atoms with Gasteiger partial charge in [0.1, 0.15) is 11.5 Å². The van der Waals surface area contributed by atoms with Crippen LogP contribution < -0.4 is 21.1 Å². The van der Waals surface area contributed by atoms with E-state index in [2.05, 4.69) is 103 Å². The van der Waals surface area contributed by atoms with Gasteiger partial charge in [-0.25, -0.2) is 0 Å². The molecule has 0 bridgehead atoms. The Morgan fingerprint density at radius 3 is 1.68 bits per heavy atom. The minimum Gasteiger partial charge on any atom is -0.458 e. The van der Waals surface area contributed by atoms with Crippen LogP contribution in [0, 0.1) is 26.0 Å². The van der Waals surface area contributed by atoms with Crippen molar-refractivity contribution in [2.45, 2.75) is 13.8 Å². The molecule has 0 saturated heterocycles. The average molecular weight is 783 g/mol. The fraction of sp³-hybridized carbons (Fsp3) is 0.0476. The predicted octanol–water partition coefficient (Wildman–Crippen LogP) is 8.00. The summed E-state index contributed by atoms with van der Waals surface area (Å²) in [4.78, 5) is 8.81. The van der Waals surface area contributed by atoms with Gasteiger partial charge in [0, 0.05) is 32.5 Å². The summed E-state index contributed by atoms with van der Waals surface area (Å²) in [6.07, 6.45) is 3.68. The van der Waals surface area contributed by atoms with Gasteiger partial charge >= 0.3 is 0 Å². The maximum atomic E-state index is 6.23. The molecule has 0 N–H and O–H groups in total. The number of rotatable bonds is 4. The Hall–Kier alpha value is -5.09. The second-order valence-electron chi connectivity index (χ2n) is 11.3. The van der Waals surface area contributed by atoms with E-state index in [1.54, 1.807) is 6.20 Å². The number of nitrogens with zero attached hydrogens (tertiary/aromatic N) is 2. The van der Waals surface area contributed by atoms with Crippen LogP contribution in [0.5, 0.6) is 11.5 Å². The molecule has 0 aliphatic carbocycles.